The summed E-state index contributed by atoms with van der Waals surface area (Å²) in [5, 5.41) is 20.7. The fraction of sp³-hybridized carbons (Fsp3) is 0.389. The number of aliphatic carboxylic acids is 1. The van der Waals surface area contributed by atoms with Gasteiger partial charge in [-0.25, -0.2) is 4.98 Å². The first-order valence-electron chi connectivity index (χ1n) is 8.93. The van der Waals surface area contributed by atoms with E-state index in [0.29, 0.717) is 18.4 Å². The summed E-state index contributed by atoms with van der Waals surface area (Å²) in [6.45, 7) is 0.316. The number of hydrogen-bond acceptors (Lipinski definition) is 7. The lowest BCUT2D eigenvalue weighted by molar-refractivity contribution is -0.385. The van der Waals surface area contributed by atoms with Crippen molar-refractivity contribution < 1.29 is 32.7 Å². The van der Waals surface area contributed by atoms with Gasteiger partial charge in [-0.2, -0.15) is 18.2 Å². The van der Waals surface area contributed by atoms with E-state index in [0.717, 1.165) is 18.5 Å². The lowest BCUT2D eigenvalue weighted by Gasteiger charge is -2.30. The Kier molecular flexibility index (Phi) is 6.04. The highest BCUT2D eigenvalue weighted by molar-refractivity contribution is 5.71. The molecule has 30 heavy (non-hydrogen) atoms. The van der Waals surface area contributed by atoms with Gasteiger partial charge in [0.2, 0.25) is 5.82 Å². The van der Waals surface area contributed by atoms with Crippen molar-refractivity contribution in [2.24, 2.45) is 5.92 Å². The van der Waals surface area contributed by atoms with Crippen molar-refractivity contribution in [2.45, 2.75) is 25.6 Å². The molecule has 0 spiro atoms. The van der Waals surface area contributed by atoms with Crippen LogP contribution in [0.4, 0.5) is 24.7 Å². The van der Waals surface area contributed by atoms with Gasteiger partial charge in [0, 0.05) is 13.1 Å². The van der Waals surface area contributed by atoms with E-state index in [4.69, 9.17) is 9.84 Å². The molecule has 0 saturated carbocycles. The number of nitro groups is 1. The van der Waals surface area contributed by atoms with Gasteiger partial charge < -0.3 is 14.7 Å². The van der Waals surface area contributed by atoms with Crippen LogP contribution in [0.25, 0.3) is 0 Å². The molecular formula is C18H17F3N4O5. The Bertz CT molecular complexity index is 928. The molecule has 2 heterocycles. The highest BCUT2D eigenvalue weighted by Gasteiger charge is 2.33. The first-order valence-corrected chi connectivity index (χ1v) is 8.93. The Morgan fingerprint density at radius 2 is 1.87 bits per heavy atom. The summed E-state index contributed by atoms with van der Waals surface area (Å²) in [4.78, 5) is 31.4. The average Bonchev–Trinajstić information content (AvgIpc) is 2.71. The van der Waals surface area contributed by atoms with Crippen LogP contribution in [0.5, 0.6) is 5.88 Å². The molecular weight excluding hydrogens is 409 g/mol. The number of rotatable bonds is 6. The zero-order valence-corrected chi connectivity index (χ0v) is 15.5. The fourth-order valence-corrected chi connectivity index (χ4v) is 3.13. The van der Waals surface area contributed by atoms with Crippen molar-refractivity contribution in [3.8, 4) is 5.88 Å². The molecule has 1 aromatic heterocycles. The molecule has 1 aromatic carbocycles. The molecule has 1 saturated heterocycles. The van der Waals surface area contributed by atoms with Gasteiger partial charge in [-0.05, 0) is 30.5 Å². The van der Waals surface area contributed by atoms with Crippen molar-refractivity contribution in [3.05, 3.63) is 51.8 Å². The molecule has 2 aromatic rings. The second kappa shape index (κ2) is 8.51. The molecule has 160 valence electrons. The number of hydrogen-bond donors (Lipinski definition) is 1. The number of carboxylic acids is 1. The van der Waals surface area contributed by atoms with E-state index in [-0.39, 0.29) is 31.4 Å². The Hall–Kier alpha value is -3.44. The van der Waals surface area contributed by atoms with Crippen molar-refractivity contribution in [1.82, 2.24) is 9.97 Å². The average molecular weight is 426 g/mol. The molecule has 1 fully saturated rings. The van der Waals surface area contributed by atoms with Crippen LogP contribution in [0.1, 0.15) is 24.0 Å². The van der Waals surface area contributed by atoms with Gasteiger partial charge in [-0.15, -0.1) is 0 Å². The lowest BCUT2D eigenvalue weighted by atomic mass is 9.97. The Morgan fingerprint density at radius 3 is 2.40 bits per heavy atom. The van der Waals surface area contributed by atoms with E-state index in [1.165, 1.54) is 12.1 Å². The third kappa shape index (κ3) is 4.75. The van der Waals surface area contributed by atoms with Crippen LogP contribution >= 0.6 is 0 Å². The summed E-state index contributed by atoms with van der Waals surface area (Å²) in [5.41, 5.74) is -0.913. The number of anilines is 1. The molecule has 1 N–H and O–H groups in total. The van der Waals surface area contributed by atoms with E-state index in [2.05, 4.69) is 9.97 Å². The second-order valence-corrected chi connectivity index (χ2v) is 6.69. The Balaban J connectivity index is 1.76. The standard InChI is InChI=1S/C18H17F3N4O5/c19-18(20,21)13-3-1-11(2-4-13)9-30-16-14(25(28)29)15(22-10-23-16)24-7-5-12(6-8-24)17(26)27/h1-4,10,12H,5-9H2,(H,26,27). The molecule has 1 aliphatic heterocycles. The number of nitrogens with zero attached hydrogens (tertiary/aromatic N) is 4. The number of halogens is 3. The minimum atomic E-state index is -4.46. The Morgan fingerprint density at radius 1 is 1.23 bits per heavy atom. The number of carbonyl (C=O) groups is 1. The first kappa shape index (κ1) is 21.3. The second-order valence-electron chi connectivity index (χ2n) is 6.69. The van der Waals surface area contributed by atoms with Gasteiger partial charge in [-0.1, -0.05) is 12.1 Å². The number of alkyl halides is 3. The number of carboxylic acid groups (broad SMARTS) is 1. The largest absolute Gasteiger partial charge is 0.481 e. The Labute approximate surface area is 168 Å². The van der Waals surface area contributed by atoms with Gasteiger partial charge in [0.1, 0.15) is 12.9 Å². The van der Waals surface area contributed by atoms with Crippen molar-refractivity contribution >= 4 is 17.5 Å². The van der Waals surface area contributed by atoms with E-state index in [9.17, 15) is 28.1 Å². The summed E-state index contributed by atoms with van der Waals surface area (Å²) in [5.74, 6) is -1.73. The monoisotopic (exact) mass is 426 g/mol. The quantitative estimate of drug-likeness (QED) is 0.552. The minimum Gasteiger partial charge on any atom is -0.481 e. The van der Waals surface area contributed by atoms with Gasteiger partial charge in [0.05, 0.1) is 16.4 Å². The number of piperidine rings is 1. The summed E-state index contributed by atoms with van der Waals surface area (Å²) in [6.07, 6.45) is -2.74. The van der Waals surface area contributed by atoms with Crippen LogP contribution in [0, 0.1) is 16.0 Å². The van der Waals surface area contributed by atoms with E-state index in [1.54, 1.807) is 4.90 Å². The minimum absolute atomic E-state index is 0.0151. The zero-order chi connectivity index (χ0) is 21.9. The van der Waals surface area contributed by atoms with Crippen molar-refractivity contribution in [2.75, 3.05) is 18.0 Å². The SMILES string of the molecule is O=C(O)C1CCN(c2ncnc(OCc3ccc(C(F)(F)F)cc3)c2[N+](=O)[O-])CC1. The lowest BCUT2D eigenvalue weighted by Crippen LogP contribution is -2.37. The zero-order valence-electron chi connectivity index (χ0n) is 15.5. The molecule has 0 unspecified atom stereocenters. The summed E-state index contributed by atoms with van der Waals surface area (Å²) >= 11 is 0. The summed E-state index contributed by atoms with van der Waals surface area (Å²) in [7, 11) is 0. The van der Waals surface area contributed by atoms with Crippen LogP contribution in [0.15, 0.2) is 30.6 Å². The van der Waals surface area contributed by atoms with Crippen LogP contribution in [-0.4, -0.2) is 39.1 Å². The highest BCUT2D eigenvalue weighted by atomic mass is 19.4. The van der Waals surface area contributed by atoms with Crippen LogP contribution in [0.2, 0.25) is 0 Å². The van der Waals surface area contributed by atoms with Crippen LogP contribution in [0.3, 0.4) is 0 Å². The third-order valence-corrected chi connectivity index (χ3v) is 4.75. The summed E-state index contributed by atoms with van der Waals surface area (Å²) < 4.78 is 43.3. The van der Waals surface area contributed by atoms with Gasteiger partial charge in [-0.3, -0.25) is 14.9 Å². The van der Waals surface area contributed by atoms with E-state index >= 15 is 0 Å². The molecule has 3 rings (SSSR count). The maximum Gasteiger partial charge on any atom is 0.416 e. The van der Waals surface area contributed by atoms with Gasteiger partial charge in [0.15, 0.2) is 0 Å². The highest BCUT2D eigenvalue weighted by Crippen LogP contribution is 2.36. The molecule has 0 bridgehead atoms. The predicted octanol–water partition coefficient (Wildman–Crippen LogP) is 3.28. The molecule has 0 atom stereocenters. The fourth-order valence-electron chi connectivity index (χ4n) is 3.13. The smallest absolute Gasteiger partial charge is 0.416 e. The molecule has 0 amide bonds. The number of aromatic nitrogens is 2. The topological polar surface area (TPSA) is 119 Å². The number of ether oxygens (including phenoxy) is 1. The normalized spacial score (nSPS) is 15.1. The summed E-state index contributed by atoms with van der Waals surface area (Å²) in [6, 6.07) is 4.22. The van der Waals surface area contributed by atoms with Gasteiger partial charge >= 0.3 is 17.8 Å². The van der Waals surface area contributed by atoms with Crippen LogP contribution in [-0.2, 0) is 17.6 Å². The maximum absolute atomic E-state index is 12.6. The molecule has 1 aliphatic rings. The predicted molar refractivity (Wildman–Crippen MR) is 97.0 cm³/mol. The van der Waals surface area contributed by atoms with Crippen LogP contribution < -0.4 is 9.64 Å². The molecule has 12 heteroatoms. The van der Waals surface area contributed by atoms with Crippen molar-refractivity contribution in [3.63, 3.8) is 0 Å². The molecule has 9 nitrogen and oxygen atoms in total. The number of benzene rings is 1. The van der Waals surface area contributed by atoms with Crippen molar-refractivity contribution in [1.29, 1.82) is 0 Å². The molecule has 0 radical (unpaired) electrons. The van der Waals surface area contributed by atoms with E-state index in [1.807, 2.05) is 0 Å². The third-order valence-electron chi connectivity index (χ3n) is 4.75. The van der Waals surface area contributed by atoms with Gasteiger partial charge in [0.25, 0.3) is 5.88 Å². The van der Waals surface area contributed by atoms with E-state index < -0.39 is 34.2 Å². The maximum atomic E-state index is 12.6. The first-order chi connectivity index (χ1) is 14.2. The molecule has 0 aliphatic carbocycles.